The van der Waals surface area contributed by atoms with Crippen molar-refractivity contribution in [2.75, 3.05) is 18.0 Å². The molecule has 0 atom stereocenters. The van der Waals surface area contributed by atoms with Crippen molar-refractivity contribution in [2.45, 2.75) is 10.8 Å². The van der Waals surface area contributed by atoms with E-state index in [0.29, 0.717) is 22.4 Å². The molecule has 106 valence electrons. The smallest absolute Gasteiger partial charge is 0.230 e. The molecule has 2 aromatic rings. The summed E-state index contributed by atoms with van der Waals surface area (Å²) in [5.41, 5.74) is 6.43. The second-order valence-corrected chi connectivity index (χ2v) is 6.15. The molecule has 1 aromatic heterocycles. The van der Waals surface area contributed by atoms with E-state index in [9.17, 15) is 9.18 Å². The first-order valence-electron chi connectivity index (χ1n) is 5.86. The second kappa shape index (κ2) is 7.20. The predicted molar refractivity (Wildman–Crippen MR) is 78.2 cm³/mol. The number of amides is 1. The van der Waals surface area contributed by atoms with E-state index in [-0.39, 0.29) is 17.5 Å². The molecule has 20 heavy (non-hydrogen) atoms. The zero-order valence-electron chi connectivity index (χ0n) is 10.5. The van der Waals surface area contributed by atoms with E-state index in [4.69, 9.17) is 5.73 Å². The predicted octanol–water partition coefficient (Wildman–Crippen LogP) is 1.71. The van der Waals surface area contributed by atoms with Crippen LogP contribution in [0.3, 0.4) is 0 Å². The normalized spacial score (nSPS) is 10.4. The monoisotopic (exact) mass is 312 g/mol. The average Bonchev–Trinajstić information content (AvgIpc) is 2.85. The molecule has 0 saturated heterocycles. The molecular formula is C12H13FN4OS2. The Balaban J connectivity index is 1.66. The first kappa shape index (κ1) is 14.7. The summed E-state index contributed by atoms with van der Waals surface area (Å²) in [6.45, 7) is 0.517. The van der Waals surface area contributed by atoms with Gasteiger partial charge in [-0.1, -0.05) is 35.2 Å². The number of hydrogen-bond acceptors (Lipinski definition) is 6. The molecule has 1 amide bonds. The third-order valence-corrected chi connectivity index (χ3v) is 4.28. The number of carbonyl (C=O) groups is 1. The van der Waals surface area contributed by atoms with E-state index >= 15 is 0 Å². The Labute approximate surface area is 123 Å². The molecule has 5 nitrogen and oxygen atoms in total. The van der Waals surface area contributed by atoms with Gasteiger partial charge in [0.05, 0.1) is 5.75 Å². The minimum atomic E-state index is -0.259. The molecule has 3 N–H and O–H groups in total. The molecule has 2 rings (SSSR count). The fourth-order valence-electron chi connectivity index (χ4n) is 1.45. The zero-order valence-corrected chi connectivity index (χ0v) is 12.1. The molecule has 0 fully saturated rings. The maximum Gasteiger partial charge on any atom is 0.230 e. The number of rotatable bonds is 6. The molecule has 8 heteroatoms. The van der Waals surface area contributed by atoms with Crippen molar-refractivity contribution >= 4 is 34.1 Å². The van der Waals surface area contributed by atoms with Gasteiger partial charge in [-0.3, -0.25) is 4.79 Å². The van der Waals surface area contributed by atoms with Crippen LogP contribution in [0, 0.1) is 5.82 Å². The topological polar surface area (TPSA) is 80.9 Å². The van der Waals surface area contributed by atoms with Crippen molar-refractivity contribution in [3.8, 4) is 0 Å². The van der Waals surface area contributed by atoms with Crippen molar-refractivity contribution in [1.29, 1.82) is 0 Å². The number of benzene rings is 1. The largest absolute Gasteiger partial charge is 0.374 e. The van der Waals surface area contributed by atoms with Crippen LogP contribution >= 0.6 is 23.1 Å². The number of thioether (sulfide) groups is 1. The van der Waals surface area contributed by atoms with Gasteiger partial charge in [-0.15, -0.1) is 10.2 Å². The highest BCUT2D eigenvalue weighted by Gasteiger charge is 2.06. The quantitative estimate of drug-likeness (QED) is 0.794. The number of hydrogen-bond donors (Lipinski definition) is 2. The van der Waals surface area contributed by atoms with Crippen molar-refractivity contribution in [3.63, 3.8) is 0 Å². The Morgan fingerprint density at radius 2 is 2.10 bits per heavy atom. The lowest BCUT2D eigenvalue weighted by Gasteiger charge is -2.04. The minimum Gasteiger partial charge on any atom is -0.374 e. The molecule has 0 saturated carbocycles. The Morgan fingerprint density at radius 1 is 1.35 bits per heavy atom. The van der Waals surface area contributed by atoms with E-state index in [1.54, 1.807) is 12.1 Å². The summed E-state index contributed by atoms with van der Waals surface area (Å²) in [6, 6.07) is 6.24. The van der Waals surface area contributed by atoms with E-state index in [1.165, 1.54) is 35.2 Å². The highest BCUT2D eigenvalue weighted by molar-refractivity contribution is 8.01. The highest BCUT2D eigenvalue weighted by atomic mass is 32.2. The molecule has 1 heterocycles. The summed E-state index contributed by atoms with van der Waals surface area (Å²) in [4.78, 5) is 11.6. The van der Waals surface area contributed by atoms with Gasteiger partial charge in [-0.2, -0.15) is 0 Å². The summed E-state index contributed by atoms with van der Waals surface area (Å²) in [5.74, 6) is -0.0608. The molecule has 0 aliphatic rings. The van der Waals surface area contributed by atoms with Crippen LogP contribution in [-0.4, -0.2) is 28.4 Å². The number of carbonyl (C=O) groups excluding carboxylic acids is 1. The van der Waals surface area contributed by atoms with Crippen LogP contribution < -0.4 is 11.1 Å². The summed E-state index contributed by atoms with van der Waals surface area (Å²) in [7, 11) is 0. The summed E-state index contributed by atoms with van der Waals surface area (Å²) in [6.07, 6.45) is 0.669. The van der Waals surface area contributed by atoms with Crippen LogP contribution in [0.5, 0.6) is 0 Å². The number of aromatic nitrogens is 2. The van der Waals surface area contributed by atoms with E-state index < -0.39 is 0 Å². The van der Waals surface area contributed by atoms with Crippen molar-refractivity contribution in [2.24, 2.45) is 0 Å². The van der Waals surface area contributed by atoms with E-state index in [1.807, 2.05) is 0 Å². The lowest BCUT2D eigenvalue weighted by Crippen LogP contribution is -2.27. The number of halogens is 1. The van der Waals surface area contributed by atoms with Gasteiger partial charge in [0.15, 0.2) is 4.34 Å². The molecule has 0 radical (unpaired) electrons. The van der Waals surface area contributed by atoms with Gasteiger partial charge < -0.3 is 11.1 Å². The Kier molecular flexibility index (Phi) is 5.31. The Hall–Kier alpha value is -1.67. The fraction of sp³-hybridized carbons (Fsp3) is 0.250. The number of nitrogens with zero attached hydrogens (tertiary/aromatic N) is 2. The van der Waals surface area contributed by atoms with E-state index in [2.05, 4.69) is 15.5 Å². The van der Waals surface area contributed by atoms with Gasteiger partial charge >= 0.3 is 0 Å². The van der Waals surface area contributed by atoms with Gasteiger partial charge in [0.2, 0.25) is 11.0 Å². The lowest BCUT2D eigenvalue weighted by molar-refractivity contribution is -0.118. The van der Waals surface area contributed by atoms with Crippen LogP contribution in [0.15, 0.2) is 28.6 Å². The third kappa shape index (κ3) is 4.78. The molecule has 1 aromatic carbocycles. The third-order valence-electron chi connectivity index (χ3n) is 2.40. The fourth-order valence-corrected chi connectivity index (χ4v) is 2.92. The molecular weight excluding hydrogens is 299 g/mol. The Bertz CT molecular complexity index is 573. The standard InChI is InChI=1S/C12H13FN4OS2/c13-9-3-1-8(2-4-9)5-6-15-10(18)7-19-12-17-16-11(14)20-12/h1-4H,5-7H2,(H2,14,16)(H,15,18). The summed E-state index contributed by atoms with van der Waals surface area (Å²) >= 11 is 2.56. The van der Waals surface area contributed by atoms with Crippen LogP contribution in [0.1, 0.15) is 5.56 Å². The van der Waals surface area contributed by atoms with Crippen molar-refractivity contribution in [3.05, 3.63) is 35.6 Å². The average molecular weight is 312 g/mol. The Morgan fingerprint density at radius 3 is 2.75 bits per heavy atom. The number of anilines is 1. The first-order valence-corrected chi connectivity index (χ1v) is 7.66. The lowest BCUT2D eigenvalue weighted by atomic mass is 10.1. The highest BCUT2D eigenvalue weighted by Crippen LogP contribution is 2.22. The molecule has 0 unspecified atom stereocenters. The van der Waals surface area contributed by atoms with Gasteiger partial charge in [-0.05, 0) is 24.1 Å². The maximum absolute atomic E-state index is 12.7. The summed E-state index contributed by atoms with van der Waals surface area (Å²) < 4.78 is 13.4. The zero-order chi connectivity index (χ0) is 14.4. The number of nitrogens with two attached hydrogens (primary N) is 1. The first-order chi connectivity index (χ1) is 9.63. The second-order valence-electron chi connectivity index (χ2n) is 3.92. The van der Waals surface area contributed by atoms with Gasteiger partial charge in [0.1, 0.15) is 5.82 Å². The summed E-state index contributed by atoms with van der Waals surface area (Å²) in [5, 5.41) is 10.7. The van der Waals surface area contributed by atoms with Crippen LogP contribution in [0.2, 0.25) is 0 Å². The van der Waals surface area contributed by atoms with Crippen LogP contribution in [-0.2, 0) is 11.2 Å². The van der Waals surface area contributed by atoms with Crippen LogP contribution in [0.4, 0.5) is 9.52 Å². The molecule has 0 spiro atoms. The van der Waals surface area contributed by atoms with Gasteiger partial charge in [0, 0.05) is 6.54 Å². The molecule has 0 bridgehead atoms. The van der Waals surface area contributed by atoms with Crippen molar-refractivity contribution in [1.82, 2.24) is 15.5 Å². The maximum atomic E-state index is 12.7. The molecule has 0 aliphatic heterocycles. The van der Waals surface area contributed by atoms with Gasteiger partial charge in [0.25, 0.3) is 0 Å². The number of nitrogens with one attached hydrogen (secondary N) is 1. The van der Waals surface area contributed by atoms with Gasteiger partial charge in [-0.25, -0.2) is 4.39 Å². The molecule has 0 aliphatic carbocycles. The minimum absolute atomic E-state index is 0.0779. The van der Waals surface area contributed by atoms with Crippen LogP contribution in [0.25, 0.3) is 0 Å². The van der Waals surface area contributed by atoms with E-state index in [0.717, 1.165) is 5.56 Å². The SMILES string of the molecule is Nc1nnc(SCC(=O)NCCc2ccc(F)cc2)s1. The van der Waals surface area contributed by atoms with Crippen molar-refractivity contribution < 1.29 is 9.18 Å². The number of nitrogen functional groups attached to an aromatic ring is 1.